The Morgan fingerprint density at radius 3 is 2.60 bits per heavy atom. The van der Waals surface area contributed by atoms with E-state index in [1.807, 2.05) is 0 Å². The lowest BCUT2D eigenvalue weighted by Crippen LogP contribution is -2.23. The summed E-state index contributed by atoms with van der Waals surface area (Å²) in [5, 5.41) is 2.69. The first kappa shape index (κ1) is 18.9. The van der Waals surface area contributed by atoms with E-state index in [-0.39, 0.29) is 24.0 Å². The Hall–Kier alpha value is -2.41. The minimum absolute atomic E-state index is 0.0163. The maximum absolute atomic E-state index is 13.5. The van der Waals surface area contributed by atoms with Crippen molar-refractivity contribution >= 4 is 21.6 Å². The van der Waals surface area contributed by atoms with Crippen molar-refractivity contribution in [1.82, 2.24) is 5.32 Å². The molecule has 2 rings (SSSR count). The number of amides is 1. The van der Waals surface area contributed by atoms with Crippen molar-refractivity contribution < 1.29 is 17.6 Å². The predicted molar refractivity (Wildman–Crippen MR) is 96.4 cm³/mol. The molecule has 2 aromatic carbocycles. The first-order valence-electron chi connectivity index (χ1n) is 7.94. The van der Waals surface area contributed by atoms with Gasteiger partial charge in [-0.05, 0) is 48.7 Å². The van der Waals surface area contributed by atoms with E-state index in [0.29, 0.717) is 28.8 Å². The van der Waals surface area contributed by atoms with E-state index in [1.54, 1.807) is 44.2 Å². The summed E-state index contributed by atoms with van der Waals surface area (Å²) in [6.07, 6.45) is 0.503. The standard InChI is InChI=1S/C18H21FN2O3S/c1-3-9-25(23,24)21-16-6-4-5-15(11-16)18(22)20-12-14-8-7-13(2)17(19)10-14/h4-8,10-11,21H,3,9,12H2,1-2H3,(H,20,22). The molecule has 0 atom stereocenters. The summed E-state index contributed by atoms with van der Waals surface area (Å²) in [4.78, 5) is 12.2. The van der Waals surface area contributed by atoms with Gasteiger partial charge in [0.2, 0.25) is 10.0 Å². The van der Waals surface area contributed by atoms with Gasteiger partial charge in [-0.15, -0.1) is 0 Å². The van der Waals surface area contributed by atoms with Gasteiger partial charge in [0, 0.05) is 17.8 Å². The molecule has 0 spiro atoms. The molecule has 0 fully saturated rings. The van der Waals surface area contributed by atoms with Gasteiger partial charge in [-0.2, -0.15) is 0 Å². The van der Waals surface area contributed by atoms with Crippen molar-refractivity contribution in [2.75, 3.05) is 10.5 Å². The zero-order valence-electron chi connectivity index (χ0n) is 14.2. The molecule has 5 nitrogen and oxygen atoms in total. The van der Waals surface area contributed by atoms with Gasteiger partial charge in [0.25, 0.3) is 5.91 Å². The van der Waals surface area contributed by atoms with Crippen molar-refractivity contribution in [2.45, 2.75) is 26.8 Å². The Balaban J connectivity index is 2.04. The molecule has 0 aromatic heterocycles. The number of halogens is 1. The Kier molecular flexibility index (Phi) is 6.14. The van der Waals surface area contributed by atoms with Gasteiger partial charge in [0.05, 0.1) is 5.75 Å². The van der Waals surface area contributed by atoms with Crippen LogP contribution in [0.15, 0.2) is 42.5 Å². The number of rotatable bonds is 7. The number of nitrogens with one attached hydrogen (secondary N) is 2. The fourth-order valence-electron chi connectivity index (χ4n) is 2.25. The van der Waals surface area contributed by atoms with Gasteiger partial charge in [-0.25, -0.2) is 12.8 Å². The lowest BCUT2D eigenvalue weighted by Gasteiger charge is -2.10. The van der Waals surface area contributed by atoms with Crippen LogP contribution in [0.3, 0.4) is 0 Å². The SMILES string of the molecule is CCCS(=O)(=O)Nc1cccc(C(=O)NCc2ccc(C)c(F)c2)c1. The van der Waals surface area contributed by atoms with Gasteiger partial charge in [-0.1, -0.05) is 25.1 Å². The summed E-state index contributed by atoms with van der Waals surface area (Å²) >= 11 is 0. The molecule has 0 heterocycles. The van der Waals surface area contributed by atoms with Crippen molar-refractivity contribution in [2.24, 2.45) is 0 Å². The third-order valence-electron chi connectivity index (χ3n) is 3.56. The smallest absolute Gasteiger partial charge is 0.251 e. The highest BCUT2D eigenvalue weighted by molar-refractivity contribution is 7.92. The molecule has 0 saturated heterocycles. The molecule has 0 saturated carbocycles. The van der Waals surface area contributed by atoms with Crippen LogP contribution in [0.4, 0.5) is 10.1 Å². The van der Waals surface area contributed by atoms with Crippen LogP contribution < -0.4 is 10.0 Å². The van der Waals surface area contributed by atoms with Crippen molar-refractivity contribution in [1.29, 1.82) is 0 Å². The fraction of sp³-hybridized carbons (Fsp3) is 0.278. The second kappa shape index (κ2) is 8.11. The summed E-state index contributed by atoms with van der Waals surface area (Å²) in [6, 6.07) is 11.0. The van der Waals surface area contributed by atoms with Gasteiger partial charge < -0.3 is 5.32 Å². The van der Waals surface area contributed by atoms with E-state index in [9.17, 15) is 17.6 Å². The summed E-state index contributed by atoms with van der Waals surface area (Å²) in [5.41, 5.74) is 1.85. The van der Waals surface area contributed by atoms with Gasteiger partial charge >= 0.3 is 0 Å². The van der Waals surface area contributed by atoms with Crippen molar-refractivity contribution in [3.8, 4) is 0 Å². The number of benzene rings is 2. The fourth-order valence-corrected chi connectivity index (χ4v) is 3.38. The van der Waals surface area contributed by atoms with Crippen molar-refractivity contribution in [3.63, 3.8) is 0 Å². The molecule has 7 heteroatoms. The molecule has 0 bridgehead atoms. The zero-order chi connectivity index (χ0) is 18.4. The Morgan fingerprint density at radius 2 is 1.92 bits per heavy atom. The summed E-state index contributed by atoms with van der Waals surface area (Å²) < 4.78 is 39.6. The van der Waals surface area contributed by atoms with E-state index in [0.717, 1.165) is 0 Å². The Bertz CT molecular complexity index is 866. The predicted octanol–water partition coefficient (Wildman–Crippen LogP) is 3.22. The topological polar surface area (TPSA) is 75.3 Å². The molecule has 0 unspecified atom stereocenters. The first-order chi connectivity index (χ1) is 11.8. The molecule has 1 amide bonds. The number of sulfonamides is 1. The van der Waals surface area contributed by atoms with Gasteiger partial charge in [-0.3, -0.25) is 9.52 Å². The lowest BCUT2D eigenvalue weighted by molar-refractivity contribution is 0.0951. The molecule has 134 valence electrons. The molecule has 0 aliphatic heterocycles. The van der Waals surface area contributed by atoms with E-state index in [1.165, 1.54) is 12.1 Å². The molecule has 0 aliphatic carbocycles. The number of aryl methyl sites for hydroxylation is 1. The second-order valence-corrected chi connectivity index (χ2v) is 7.61. The van der Waals surface area contributed by atoms with Crippen LogP contribution in [0, 0.1) is 12.7 Å². The summed E-state index contributed by atoms with van der Waals surface area (Å²) in [5.74, 6) is -0.667. The maximum Gasteiger partial charge on any atom is 0.251 e. The minimum atomic E-state index is -3.41. The quantitative estimate of drug-likeness (QED) is 0.792. The highest BCUT2D eigenvalue weighted by Gasteiger charge is 2.11. The molecule has 25 heavy (non-hydrogen) atoms. The highest BCUT2D eigenvalue weighted by atomic mass is 32.2. The van der Waals surface area contributed by atoms with Crippen LogP contribution in [0.25, 0.3) is 0 Å². The van der Waals surface area contributed by atoms with Crippen LogP contribution in [-0.2, 0) is 16.6 Å². The summed E-state index contributed by atoms with van der Waals surface area (Å²) in [6.45, 7) is 3.63. The molecule has 0 radical (unpaired) electrons. The molecule has 0 aliphatic rings. The Labute approximate surface area is 147 Å². The van der Waals surface area contributed by atoms with E-state index in [4.69, 9.17) is 0 Å². The van der Waals surface area contributed by atoms with Crippen molar-refractivity contribution in [3.05, 3.63) is 65.0 Å². The van der Waals surface area contributed by atoms with Crippen LogP contribution in [0.1, 0.15) is 34.8 Å². The number of anilines is 1. The average Bonchev–Trinajstić information content (AvgIpc) is 2.55. The number of carbonyl (C=O) groups excluding carboxylic acids is 1. The lowest BCUT2D eigenvalue weighted by atomic mass is 10.1. The average molecular weight is 364 g/mol. The number of hydrogen-bond acceptors (Lipinski definition) is 3. The third-order valence-corrected chi connectivity index (χ3v) is 5.05. The number of carbonyl (C=O) groups is 1. The van der Waals surface area contributed by atoms with E-state index >= 15 is 0 Å². The second-order valence-electron chi connectivity index (χ2n) is 5.77. The maximum atomic E-state index is 13.5. The highest BCUT2D eigenvalue weighted by Crippen LogP contribution is 2.14. The normalized spacial score (nSPS) is 11.2. The van der Waals surface area contributed by atoms with Gasteiger partial charge in [0.1, 0.15) is 5.82 Å². The zero-order valence-corrected chi connectivity index (χ0v) is 15.0. The third kappa shape index (κ3) is 5.56. The largest absolute Gasteiger partial charge is 0.348 e. The Morgan fingerprint density at radius 1 is 1.16 bits per heavy atom. The first-order valence-corrected chi connectivity index (χ1v) is 9.60. The van der Waals surface area contributed by atoms with Crippen LogP contribution in [0.5, 0.6) is 0 Å². The molecular weight excluding hydrogens is 343 g/mol. The van der Waals surface area contributed by atoms with Crippen LogP contribution in [-0.4, -0.2) is 20.1 Å². The van der Waals surface area contributed by atoms with E-state index < -0.39 is 10.0 Å². The number of hydrogen-bond donors (Lipinski definition) is 2. The van der Waals surface area contributed by atoms with E-state index in [2.05, 4.69) is 10.0 Å². The molecular formula is C18H21FN2O3S. The molecule has 2 N–H and O–H groups in total. The van der Waals surface area contributed by atoms with Gasteiger partial charge in [0.15, 0.2) is 0 Å². The summed E-state index contributed by atoms with van der Waals surface area (Å²) in [7, 11) is -3.41. The van der Waals surface area contributed by atoms with Crippen LogP contribution in [0.2, 0.25) is 0 Å². The monoisotopic (exact) mass is 364 g/mol. The molecule has 2 aromatic rings. The minimum Gasteiger partial charge on any atom is -0.348 e. The van der Waals surface area contributed by atoms with Crippen LogP contribution >= 0.6 is 0 Å².